The number of hydrogen-bond donors (Lipinski definition) is 2. The van der Waals surface area contributed by atoms with E-state index in [2.05, 4.69) is 15.9 Å². The Labute approximate surface area is 155 Å². The number of halogens is 1. The zero-order chi connectivity index (χ0) is 18.6. The van der Waals surface area contributed by atoms with Crippen LogP contribution in [0, 0.1) is 11.3 Å². The summed E-state index contributed by atoms with van der Waals surface area (Å²) in [5, 5.41) is 19.1. The molecule has 0 saturated heterocycles. The molecule has 1 aromatic heterocycles. The smallest absolute Gasteiger partial charge is 0.348 e. The normalized spacial score (nSPS) is 10.1. The Balaban J connectivity index is 2.28. The van der Waals surface area contributed by atoms with Gasteiger partial charge in [0.1, 0.15) is 33.9 Å². The Bertz CT molecular complexity index is 872. The van der Waals surface area contributed by atoms with Crippen LogP contribution in [0.2, 0.25) is 0 Å². The standard InChI is InChI=1S/C16H13BrN2O5S/c1-2-23-16(22)13-11(10(6-18)14(19)25-13)7-24-15(21)9-5-8(17)3-4-12(9)20/h3-5,20H,2,7,19H2,1H3. The van der Waals surface area contributed by atoms with E-state index in [4.69, 9.17) is 15.2 Å². The Kier molecular flexibility index (Phi) is 6.01. The van der Waals surface area contributed by atoms with Crippen LogP contribution in [0.15, 0.2) is 22.7 Å². The highest BCUT2D eigenvalue weighted by atomic mass is 79.9. The lowest BCUT2D eigenvalue weighted by Gasteiger charge is -2.08. The lowest BCUT2D eigenvalue weighted by atomic mass is 10.1. The monoisotopic (exact) mass is 424 g/mol. The van der Waals surface area contributed by atoms with Crippen LogP contribution >= 0.6 is 27.3 Å². The number of ether oxygens (including phenoxy) is 2. The van der Waals surface area contributed by atoms with Crippen molar-refractivity contribution >= 4 is 44.2 Å². The predicted molar refractivity (Wildman–Crippen MR) is 94.3 cm³/mol. The van der Waals surface area contributed by atoms with Crippen molar-refractivity contribution in [2.75, 3.05) is 12.3 Å². The molecule has 0 unspecified atom stereocenters. The first-order valence-electron chi connectivity index (χ1n) is 7.03. The van der Waals surface area contributed by atoms with Crippen molar-refractivity contribution in [1.29, 1.82) is 5.26 Å². The average Bonchev–Trinajstić information content (AvgIpc) is 2.90. The van der Waals surface area contributed by atoms with Gasteiger partial charge in [-0.25, -0.2) is 9.59 Å². The van der Waals surface area contributed by atoms with Gasteiger partial charge in [-0.3, -0.25) is 0 Å². The number of nitrogen functional groups attached to an aromatic ring is 1. The SMILES string of the molecule is CCOC(=O)c1sc(N)c(C#N)c1COC(=O)c1cc(Br)ccc1O. The molecule has 2 rings (SSSR count). The van der Waals surface area contributed by atoms with E-state index >= 15 is 0 Å². The van der Waals surface area contributed by atoms with Crippen LogP contribution in [0.5, 0.6) is 5.75 Å². The number of aromatic hydroxyl groups is 1. The van der Waals surface area contributed by atoms with Crippen LogP contribution in [-0.4, -0.2) is 23.7 Å². The van der Waals surface area contributed by atoms with Crippen molar-refractivity contribution in [3.8, 4) is 11.8 Å². The second-order valence-corrected chi connectivity index (χ2v) is 6.69. The summed E-state index contributed by atoms with van der Waals surface area (Å²) in [6.07, 6.45) is 0. The van der Waals surface area contributed by atoms with Crippen molar-refractivity contribution < 1.29 is 24.2 Å². The summed E-state index contributed by atoms with van der Waals surface area (Å²) in [4.78, 5) is 24.3. The average molecular weight is 425 g/mol. The van der Waals surface area contributed by atoms with Crippen LogP contribution in [0.3, 0.4) is 0 Å². The van der Waals surface area contributed by atoms with E-state index in [9.17, 15) is 20.0 Å². The minimum Gasteiger partial charge on any atom is -0.507 e. The molecule has 0 bridgehead atoms. The van der Waals surface area contributed by atoms with Crippen LogP contribution in [-0.2, 0) is 16.1 Å². The number of thiophene rings is 1. The lowest BCUT2D eigenvalue weighted by Crippen LogP contribution is -2.10. The molecule has 0 atom stereocenters. The van der Waals surface area contributed by atoms with E-state index < -0.39 is 11.9 Å². The Morgan fingerprint density at radius 3 is 2.72 bits per heavy atom. The number of phenolic OH excluding ortho intramolecular Hbond substituents is 1. The van der Waals surface area contributed by atoms with Gasteiger partial charge < -0.3 is 20.3 Å². The number of phenols is 1. The largest absolute Gasteiger partial charge is 0.507 e. The molecule has 25 heavy (non-hydrogen) atoms. The highest BCUT2D eigenvalue weighted by Crippen LogP contribution is 2.32. The van der Waals surface area contributed by atoms with Crippen LogP contribution in [0.25, 0.3) is 0 Å². The van der Waals surface area contributed by atoms with Gasteiger partial charge in [0.05, 0.1) is 12.2 Å². The summed E-state index contributed by atoms with van der Waals surface area (Å²) >= 11 is 4.10. The van der Waals surface area contributed by atoms with E-state index in [-0.39, 0.29) is 45.5 Å². The molecule has 0 radical (unpaired) electrons. The van der Waals surface area contributed by atoms with E-state index in [0.717, 1.165) is 11.3 Å². The fourth-order valence-electron chi connectivity index (χ4n) is 1.99. The van der Waals surface area contributed by atoms with Crippen molar-refractivity contribution in [2.45, 2.75) is 13.5 Å². The van der Waals surface area contributed by atoms with Crippen LogP contribution in [0.1, 0.15) is 38.1 Å². The van der Waals surface area contributed by atoms with Gasteiger partial charge in [-0.2, -0.15) is 5.26 Å². The second-order valence-electron chi connectivity index (χ2n) is 4.72. The first kappa shape index (κ1) is 18.8. The molecular formula is C16H13BrN2O5S. The first-order valence-corrected chi connectivity index (χ1v) is 8.64. The van der Waals surface area contributed by atoms with Gasteiger partial charge in [-0.15, -0.1) is 11.3 Å². The van der Waals surface area contributed by atoms with Crippen molar-refractivity contribution in [3.63, 3.8) is 0 Å². The minimum atomic E-state index is -0.803. The maximum atomic E-state index is 12.2. The Morgan fingerprint density at radius 2 is 2.08 bits per heavy atom. The van der Waals surface area contributed by atoms with E-state index in [1.165, 1.54) is 12.1 Å². The summed E-state index contributed by atoms with van der Waals surface area (Å²) in [5.41, 5.74) is 5.96. The number of rotatable bonds is 5. The summed E-state index contributed by atoms with van der Waals surface area (Å²) < 4.78 is 10.7. The lowest BCUT2D eigenvalue weighted by molar-refractivity contribution is 0.0450. The van der Waals surface area contributed by atoms with Crippen LogP contribution in [0.4, 0.5) is 5.00 Å². The number of anilines is 1. The van der Waals surface area contributed by atoms with Gasteiger partial charge in [0.2, 0.25) is 0 Å². The molecule has 1 aromatic carbocycles. The molecule has 7 nitrogen and oxygen atoms in total. The Hall–Kier alpha value is -2.57. The maximum Gasteiger partial charge on any atom is 0.348 e. The molecule has 0 spiro atoms. The minimum absolute atomic E-state index is 0.0474. The van der Waals surface area contributed by atoms with Crippen molar-refractivity contribution in [3.05, 3.63) is 44.2 Å². The topological polar surface area (TPSA) is 123 Å². The van der Waals surface area contributed by atoms with Gasteiger partial charge in [-0.1, -0.05) is 15.9 Å². The van der Waals surface area contributed by atoms with Gasteiger partial charge in [-0.05, 0) is 25.1 Å². The molecule has 0 fully saturated rings. The number of nitrogens with two attached hydrogens (primary N) is 1. The van der Waals surface area contributed by atoms with Gasteiger partial charge in [0, 0.05) is 10.0 Å². The maximum absolute atomic E-state index is 12.2. The van der Waals surface area contributed by atoms with Gasteiger partial charge >= 0.3 is 11.9 Å². The molecule has 1 heterocycles. The summed E-state index contributed by atoms with van der Waals surface area (Å²) in [6, 6.07) is 6.20. The van der Waals surface area contributed by atoms with Crippen molar-refractivity contribution in [2.24, 2.45) is 0 Å². The summed E-state index contributed by atoms with van der Waals surface area (Å²) in [7, 11) is 0. The first-order chi connectivity index (χ1) is 11.9. The molecule has 0 aliphatic carbocycles. The number of carbonyl (C=O) groups is 2. The second kappa shape index (κ2) is 8.00. The fraction of sp³-hybridized carbons (Fsp3) is 0.188. The summed E-state index contributed by atoms with van der Waals surface area (Å²) in [6.45, 7) is 1.45. The van der Waals surface area contributed by atoms with E-state index in [1.54, 1.807) is 13.0 Å². The highest BCUT2D eigenvalue weighted by Gasteiger charge is 2.24. The molecule has 0 saturated carbocycles. The Morgan fingerprint density at radius 1 is 1.36 bits per heavy atom. The predicted octanol–water partition coefficient (Wildman–Crippen LogP) is 3.20. The third-order valence-electron chi connectivity index (χ3n) is 3.13. The van der Waals surface area contributed by atoms with Crippen LogP contribution < -0.4 is 5.73 Å². The number of nitrogens with zero attached hydrogens (tertiary/aromatic N) is 1. The zero-order valence-electron chi connectivity index (χ0n) is 13.0. The molecule has 130 valence electrons. The van der Waals surface area contributed by atoms with Crippen molar-refractivity contribution in [1.82, 2.24) is 0 Å². The quantitative estimate of drug-likeness (QED) is 0.706. The molecule has 2 aromatic rings. The third kappa shape index (κ3) is 4.10. The van der Waals surface area contributed by atoms with E-state index in [0.29, 0.717) is 4.47 Å². The number of benzene rings is 1. The number of nitriles is 1. The molecular weight excluding hydrogens is 412 g/mol. The number of esters is 2. The summed E-state index contributed by atoms with van der Waals surface area (Å²) in [5.74, 6) is -1.69. The molecule has 0 amide bonds. The molecule has 0 aliphatic rings. The van der Waals surface area contributed by atoms with E-state index in [1.807, 2.05) is 6.07 Å². The third-order valence-corrected chi connectivity index (χ3v) is 4.67. The fourth-order valence-corrected chi connectivity index (χ4v) is 3.27. The molecule has 9 heteroatoms. The van der Waals surface area contributed by atoms with Gasteiger partial charge in [0.15, 0.2) is 0 Å². The zero-order valence-corrected chi connectivity index (χ0v) is 15.4. The number of hydrogen-bond acceptors (Lipinski definition) is 8. The number of carbonyl (C=O) groups excluding carboxylic acids is 2. The molecule has 0 aliphatic heterocycles. The molecule has 3 N–H and O–H groups in total. The highest BCUT2D eigenvalue weighted by molar-refractivity contribution is 9.10. The van der Waals surface area contributed by atoms with Gasteiger partial charge in [0.25, 0.3) is 0 Å².